The summed E-state index contributed by atoms with van der Waals surface area (Å²) in [6.07, 6.45) is 2.59. The fraction of sp³-hybridized carbons (Fsp3) is 0.400. The number of amidine groups is 2. The molecule has 2 heterocycles. The van der Waals surface area contributed by atoms with Gasteiger partial charge in [0, 0.05) is 31.0 Å². The van der Waals surface area contributed by atoms with Crippen molar-refractivity contribution in [3.63, 3.8) is 0 Å². The lowest BCUT2D eigenvalue weighted by molar-refractivity contribution is -0.109. The average molecular weight is 266 g/mol. The molecule has 0 aliphatic carbocycles. The second kappa shape index (κ2) is 5.67. The molecule has 0 saturated carbocycles. The third-order valence-corrected chi connectivity index (χ3v) is 3.13. The first-order chi connectivity index (χ1) is 8.65. The molecule has 1 aromatic heterocycles. The third kappa shape index (κ3) is 3.33. The van der Waals surface area contributed by atoms with E-state index in [1.54, 1.807) is 6.20 Å². The van der Waals surface area contributed by atoms with E-state index in [0.717, 1.165) is 37.1 Å². The summed E-state index contributed by atoms with van der Waals surface area (Å²) in [5.74, 6) is 0.867. The monoisotopic (exact) mass is 266 g/mol. The van der Waals surface area contributed by atoms with Crippen LogP contribution in [0.2, 0.25) is 0 Å². The van der Waals surface area contributed by atoms with Gasteiger partial charge in [-0.05, 0) is 18.6 Å². The molecule has 1 fully saturated rings. The summed E-state index contributed by atoms with van der Waals surface area (Å²) in [5, 5.41) is 13.9. The maximum Gasteiger partial charge on any atom is 0.307 e. The molecule has 96 valence electrons. The van der Waals surface area contributed by atoms with Crippen molar-refractivity contribution in [2.75, 3.05) is 18.0 Å². The fourth-order valence-electron chi connectivity index (χ4n) is 1.84. The van der Waals surface area contributed by atoms with Gasteiger partial charge in [0.15, 0.2) is 11.0 Å². The third-order valence-electron chi connectivity index (χ3n) is 2.58. The van der Waals surface area contributed by atoms with Crippen molar-refractivity contribution in [3.8, 4) is 0 Å². The van der Waals surface area contributed by atoms with Crippen LogP contribution in [0.4, 0.5) is 5.82 Å². The number of hydrogen-bond donors (Lipinski definition) is 3. The first-order valence-corrected chi connectivity index (χ1v) is 6.38. The van der Waals surface area contributed by atoms with Crippen molar-refractivity contribution in [1.82, 2.24) is 10.2 Å². The van der Waals surface area contributed by atoms with E-state index in [1.807, 2.05) is 12.1 Å². The number of nitrogens with zero attached hydrogens (tertiary/aromatic N) is 4. The second-order valence-corrected chi connectivity index (χ2v) is 5.04. The van der Waals surface area contributed by atoms with Crippen LogP contribution in [0.5, 0.6) is 0 Å². The van der Waals surface area contributed by atoms with Gasteiger partial charge in [-0.25, -0.2) is 0 Å². The van der Waals surface area contributed by atoms with Crippen LogP contribution < -0.4 is 21.8 Å². The zero-order valence-corrected chi connectivity index (χ0v) is 10.7. The Morgan fingerprint density at radius 3 is 3.06 bits per heavy atom. The maximum absolute atomic E-state index is 5.72. The van der Waals surface area contributed by atoms with Gasteiger partial charge in [0.25, 0.3) is 0 Å². The van der Waals surface area contributed by atoms with Crippen molar-refractivity contribution in [1.29, 1.82) is 0 Å². The predicted molar refractivity (Wildman–Crippen MR) is 73.0 cm³/mol. The van der Waals surface area contributed by atoms with Crippen molar-refractivity contribution in [3.05, 3.63) is 18.3 Å². The Morgan fingerprint density at radius 2 is 2.39 bits per heavy atom. The van der Waals surface area contributed by atoms with Crippen molar-refractivity contribution < 1.29 is 5.41 Å². The zero-order valence-electron chi connectivity index (χ0n) is 9.86. The molecular weight excluding hydrogens is 250 g/mol. The standard InChI is InChI=1S/C10H15N7S/c11-9(12)18-10(13)15-7-3-5-17(6-7)8-2-1-4-14-16-8/h1-2,4,7H,3,5-6H2,(H3,11,12)(H2,13,15)/p+1/t7-/m1/s1. The van der Waals surface area contributed by atoms with Crippen LogP contribution in [-0.2, 0) is 0 Å². The molecule has 1 aliphatic rings. The van der Waals surface area contributed by atoms with E-state index in [-0.39, 0.29) is 11.2 Å². The van der Waals surface area contributed by atoms with Crippen LogP contribution in [0.3, 0.4) is 0 Å². The normalized spacial score (nSPS) is 20.1. The molecule has 7 nitrogen and oxygen atoms in total. The molecule has 1 aliphatic heterocycles. The summed E-state index contributed by atoms with van der Waals surface area (Å²) in [6, 6.07) is 3.95. The van der Waals surface area contributed by atoms with Crippen molar-refractivity contribution >= 4 is 27.9 Å². The van der Waals surface area contributed by atoms with E-state index >= 15 is 0 Å². The number of aromatic nitrogens is 2. The lowest BCUT2D eigenvalue weighted by Crippen LogP contribution is -2.44. The highest BCUT2D eigenvalue weighted by atomic mass is 32.2. The van der Waals surface area contributed by atoms with Gasteiger partial charge in [0.1, 0.15) is 0 Å². The van der Waals surface area contributed by atoms with Crippen molar-refractivity contribution in [2.45, 2.75) is 12.5 Å². The first kappa shape index (κ1) is 12.6. The van der Waals surface area contributed by atoms with Gasteiger partial charge in [0.2, 0.25) is 0 Å². The minimum atomic E-state index is 0.152. The minimum absolute atomic E-state index is 0.152. The highest BCUT2D eigenvalue weighted by Gasteiger charge is 2.23. The number of hydrogen-bond acceptors (Lipinski definition) is 5. The van der Waals surface area contributed by atoms with Crippen LogP contribution in [0.1, 0.15) is 6.42 Å². The number of thioether (sulfide) groups is 1. The van der Waals surface area contributed by atoms with Crippen LogP contribution in [0.15, 0.2) is 23.3 Å². The van der Waals surface area contributed by atoms with E-state index in [0.29, 0.717) is 5.17 Å². The smallest absolute Gasteiger partial charge is 0.307 e. The van der Waals surface area contributed by atoms with Gasteiger partial charge in [-0.1, -0.05) is 0 Å². The van der Waals surface area contributed by atoms with Gasteiger partial charge >= 0.3 is 5.17 Å². The van der Waals surface area contributed by atoms with E-state index in [4.69, 9.17) is 16.9 Å². The summed E-state index contributed by atoms with van der Waals surface area (Å²) < 4.78 is 0. The molecule has 1 saturated heterocycles. The lowest BCUT2D eigenvalue weighted by Gasteiger charge is -2.15. The molecule has 0 radical (unpaired) electrons. The fourth-order valence-corrected chi connectivity index (χ4v) is 2.29. The Morgan fingerprint density at radius 1 is 1.56 bits per heavy atom. The predicted octanol–water partition coefficient (Wildman–Crippen LogP) is -1.82. The van der Waals surface area contributed by atoms with Crippen LogP contribution in [-0.4, -0.2) is 39.7 Å². The molecule has 0 spiro atoms. The topological polar surface area (TPSA) is 119 Å². The summed E-state index contributed by atoms with van der Waals surface area (Å²) in [5.41, 5.74) is 11.1. The number of rotatable bonds is 2. The van der Waals surface area contributed by atoms with E-state index in [1.165, 1.54) is 0 Å². The molecule has 0 aromatic carbocycles. The zero-order chi connectivity index (χ0) is 13.0. The van der Waals surface area contributed by atoms with Gasteiger partial charge < -0.3 is 10.6 Å². The first-order valence-electron chi connectivity index (χ1n) is 5.57. The largest absolute Gasteiger partial charge is 0.378 e. The summed E-state index contributed by atoms with van der Waals surface area (Å²) in [6.45, 7) is 1.68. The Bertz CT molecular complexity index is 447. The van der Waals surface area contributed by atoms with Gasteiger partial charge in [-0.3, -0.25) is 16.1 Å². The molecule has 1 atom stereocenters. The van der Waals surface area contributed by atoms with E-state index in [9.17, 15) is 0 Å². The van der Waals surface area contributed by atoms with Crippen LogP contribution in [0.25, 0.3) is 0 Å². The van der Waals surface area contributed by atoms with Crippen LogP contribution >= 0.6 is 11.8 Å². The Hall–Kier alpha value is -1.83. The molecule has 2 rings (SSSR count). The quantitative estimate of drug-likeness (QED) is 0.428. The number of anilines is 1. The van der Waals surface area contributed by atoms with E-state index < -0.39 is 0 Å². The molecule has 0 bridgehead atoms. The van der Waals surface area contributed by atoms with Gasteiger partial charge in [-0.15, -0.1) is 5.10 Å². The minimum Gasteiger partial charge on any atom is -0.378 e. The maximum atomic E-state index is 5.72. The lowest BCUT2D eigenvalue weighted by atomic mass is 10.3. The van der Waals surface area contributed by atoms with E-state index in [2.05, 4.69) is 20.1 Å². The Balaban J connectivity index is 1.95. The highest BCUT2D eigenvalue weighted by molar-refractivity contribution is 8.26. The number of aliphatic imine (C=N–C) groups is 1. The molecule has 6 N–H and O–H groups in total. The Labute approximate surface area is 109 Å². The second-order valence-electron chi connectivity index (χ2n) is 3.94. The summed E-state index contributed by atoms with van der Waals surface area (Å²) in [7, 11) is 0. The van der Waals surface area contributed by atoms with Gasteiger partial charge in [-0.2, -0.15) is 5.10 Å². The molecule has 8 heteroatoms. The molecule has 18 heavy (non-hydrogen) atoms. The Kier molecular flexibility index (Phi) is 3.98. The molecule has 1 aromatic rings. The van der Waals surface area contributed by atoms with Crippen molar-refractivity contribution in [2.24, 2.45) is 16.5 Å². The molecule has 0 amide bonds. The molecular formula is C10H16N7S+. The van der Waals surface area contributed by atoms with Gasteiger partial charge in [0.05, 0.1) is 6.04 Å². The summed E-state index contributed by atoms with van der Waals surface area (Å²) in [4.78, 5) is 6.51. The molecule has 0 unspecified atom stereocenters. The average Bonchev–Trinajstić information content (AvgIpc) is 2.77. The SMILES string of the molecule is NC(=[NH2+])SC(N)=N[C@@H]1CCN(c2cccnn2)C1. The highest BCUT2D eigenvalue weighted by Crippen LogP contribution is 2.19. The number of nitrogens with two attached hydrogens (primary N) is 3. The summed E-state index contributed by atoms with van der Waals surface area (Å²) >= 11 is 1.09. The van der Waals surface area contributed by atoms with Crippen LogP contribution in [0, 0.1) is 0 Å².